The maximum atomic E-state index is 11.2. The van der Waals surface area contributed by atoms with Crippen molar-refractivity contribution in [1.82, 2.24) is 4.57 Å². The van der Waals surface area contributed by atoms with Crippen LogP contribution in [0.5, 0.6) is 0 Å². The van der Waals surface area contributed by atoms with E-state index in [9.17, 15) is 19.7 Å². The molecule has 0 spiro atoms. The summed E-state index contributed by atoms with van der Waals surface area (Å²) in [6.45, 7) is -0.0736. The zero-order valence-corrected chi connectivity index (χ0v) is 7.62. The van der Waals surface area contributed by atoms with Crippen molar-refractivity contribution in [3.63, 3.8) is 0 Å². The Bertz CT molecular complexity index is 451. The normalized spacial score (nSPS) is 9.87. The Morgan fingerprint density at radius 3 is 2.73 bits per heavy atom. The van der Waals surface area contributed by atoms with Crippen molar-refractivity contribution in [2.75, 3.05) is 0 Å². The highest BCUT2D eigenvalue weighted by atomic mass is 16.6. The highest BCUT2D eigenvalue weighted by molar-refractivity contribution is 5.66. The summed E-state index contributed by atoms with van der Waals surface area (Å²) in [5.74, 6) is -1.06. The van der Waals surface area contributed by atoms with Gasteiger partial charge in [0.1, 0.15) is 0 Å². The molecule has 1 aromatic heterocycles. The monoisotopic (exact) mass is 212 g/mol. The van der Waals surface area contributed by atoms with Gasteiger partial charge in [-0.25, -0.2) is 0 Å². The molecule has 0 aliphatic heterocycles. The van der Waals surface area contributed by atoms with E-state index in [0.717, 1.165) is 22.9 Å². The Hall–Kier alpha value is -2.18. The molecule has 0 aliphatic carbocycles. The van der Waals surface area contributed by atoms with E-state index < -0.39 is 16.5 Å². The topological polar surface area (TPSA) is 102 Å². The number of carbonyl (C=O) groups is 1. The zero-order valence-electron chi connectivity index (χ0n) is 7.62. The number of hydrogen-bond acceptors (Lipinski definition) is 4. The van der Waals surface area contributed by atoms with Gasteiger partial charge in [0.05, 0.1) is 17.5 Å². The lowest BCUT2D eigenvalue weighted by atomic mass is 10.3. The van der Waals surface area contributed by atoms with Crippen LogP contribution in [-0.2, 0) is 11.3 Å². The number of hydrogen-bond donors (Lipinski definition) is 1. The first-order chi connectivity index (χ1) is 7.00. The van der Waals surface area contributed by atoms with Crippen LogP contribution in [0, 0.1) is 10.1 Å². The number of aryl methyl sites for hydroxylation is 1. The number of carboxylic acid groups (broad SMARTS) is 1. The molecule has 0 aliphatic rings. The van der Waals surface area contributed by atoms with Gasteiger partial charge in [-0.15, -0.1) is 0 Å². The van der Waals surface area contributed by atoms with Crippen LogP contribution >= 0.6 is 0 Å². The second-order valence-electron chi connectivity index (χ2n) is 2.82. The minimum atomic E-state index is -1.06. The van der Waals surface area contributed by atoms with Gasteiger partial charge in [0.25, 0.3) is 11.2 Å². The maximum Gasteiger partial charge on any atom is 0.305 e. The first-order valence-corrected chi connectivity index (χ1v) is 4.07. The average Bonchev–Trinajstić information content (AvgIpc) is 2.16. The van der Waals surface area contributed by atoms with Crippen molar-refractivity contribution in [2.45, 2.75) is 13.0 Å². The molecule has 0 unspecified atom stereocenters. The summed E-state index contributed by atoms with van der Waals surface area (Å²) in [6, 6.07) is 2.12. The van der Waals surface area contributed by atoms with E-state index in [1.54, 1.807) is 0 Å². The predicted molar refractivity (Wildman–Crippen MR) is 49.6 cm³/mol. The molecule has 0 fully saturated rings. The summed E-state index contributed by atoms with van der Waals surface area (Å²) >= 11 is 0. The standard InChI is InChI=1S/C8H8N2O5/c11-7-2-1-6(10(14)15)5-9(7)4-3-8(12)13/h1-2,5H,3-4H2,(H,12,13). The molecule has 0 saturated carbocycles. The SMILES string of the molecule is O=C(O)CCn1cc([N+](=O)[O-])ccc1=O. The van der Waals surface area contributed by atoms with Crippen molar-refractivity contribution < 1.29 is 14.8 Å². The average molecular weight is 212 g/mol. The lowest BCUT2D eigenvalue weighted by molar-refractivity contribution is -0.385. The molecule has 0 saturated heterocycles. The fourth-order valence-electron chi connectivity index (χ4n) is 1.02. The third-order valence-corrected chi connectivity index (χ3v) is 1.75. The molecule has 7 heteroatoms. The molecule has 7 nitrogen and oxygen atoms in total. The Morgan fingerprint density at radius 1 is 1.53 bits per heavy atom. The molecule has 1 N–H and O–H groups in total. The molecule has 1 aromatic rings. The molecule has 1 heterocycles. The summed E-state index contributed by atoms with van der Waals surface area (Å²) in [5.41, 5.74) is -0.693. The molecule has 0 radical (unpaired) electrons. The van der Waals surface area contributed by atoms with E-state index in [1.165, 1.54) is 0 Å². The fraction of sp³-hybridized carbons (Fsp3) is 0.250. The smallest absolute Gasteiger partial charge is 0.305 e. The van der Waals surface area contributed by atoms with Crippen LogP contribution in [0.2, 0.25) is 0 Å². The summed E-state index contributed by atoms with van der Waals surface area (Å²) in [7, 11) is 0. The quantitative estimate of drug-likeness (QED) is 0.568. The van der Waals surface area contributed by atoms with Crippen LogP contribution in [0.15, 0.2) is 23.1 Å². The van der Waals surface area contributed by atoms with E-state index in [-0.39, 0.29) is 18.7 Å². The third-order valence-electron chi connectivity index (χ3n) is 1.75. The van der Waals surface area contributed by atoms with Gasteiger partial charge in [-0.2, -0.15) is 0 Å². The second-order valence-corrected chi connectivity index (χ2v) is 2.82. The Kier molecular flexibility index (Phi) is 3.17. The van der Waals surface area contributed by atoms with Gasteiger partial charge in [-0.05, 0) is 0 Å². The van der Waals surface area contributed by atoms with Gasteiger partial charge < -0.3 is 9.67 Å². The zero-order chi connectivity index (χ0) is 11.4. The first kappa shape index (κ1) is 10.9. The van der Waals surface area contributed by atoms with Crippen LogP contribution in [0.4, 0.5) is 5.69 Å². The summed E-state index contributed by atoms with van der Waals surface area (Å²) in [6.07, 6.45) is 0.784. The van der Waals surface area contributed by atoms with Crippen molar-refractivity contribution in [3.8, 4) is 0 Å². The van der Waals surface area contributed by atoms with E-state index in [0.29, 0.717) is 0 Å². The highest BCUT2D eigenvalue weighted by Gasteiger charge is 2.08. The number of carboxylic acids is 1. The lowest BCUT2D eigenvalue weighted by Gasteiger charge is -2.01. The number of pyridine rings is 1. The summed E-state index contributed by atoms with van der Waals surface area (Å²) in [5, 5.41) is 18.8. The second kappa shape index (κ2) is 4.36. The van der Waals surface area contributed by atoms with Crippen molar-refractivity contribution in [3.05, 3.63) is 38.8 Å². The van der Waals surface area contributed by atoms with Crippen LogP contribution in [-0.4, -0.2) is 20.6 Å². The van der Waals surface area contributed by atoms with Crippen LogP contribution < -0.4 is 5.56 Å². The van der Waals surface area contributed by atoms with Crippen molar-refractivity contribution >= 4 is 11.7 Å². The van der Waals surface area contributed by atoms with Crippen molar-refractivity contribution in [2.24, 2.45) is 0 Å². The van der Waals surface area contributed by atoms with Crippen LogP contribution in [0.1, 0.15) is 6.42 Å². The van der Waals surface area contributed by atoms with Gasteiger partial charge in [0, 0.05) is 18.7 Å². The molecule has 0 amide bonds. The van der Waals surface area contributed by atoms with Crippen LogP contribution in [0.25, 0.3) is 0 Å². The number of aromatic nitrogens is 1. The van der Waals surface area contributed by atoms with E-state index >= 15 is 0 Å². The Morgan fingerprint density at radius 2 is 2.20 bits per heavy atom. The Labute approximate surface area is 83.7 Å². The largest absolute Gasteiger partial charge is 0.481 e. The lowest BCUT2D eigenvalue weighted by Crippen LogP contribution is -2.20. The fourth-order valence-corrected chi connectivity index (χ4v) is 1.02. The molecule has 0 bridgehead atoms. The number of rotatable bonds is 4. The molecular weight excluding hydrogens is 204 g/mol. The van der Waals surface area contributed by atoms with Gasteiger partial charge in [-0.3, -0.25) is 19.7 Å². The van der Waals surface area contributed by atoms with Gasteiger partial charge in [-0.1, -0.05) is 0 Å². The minimum Gasteiger partial charge on any atom is -0.481 e. The van der Waals surface area contributed by atoms with E-state index in [1.807, 2.05) is 0 Å². The van der Waals surface area contributed by atoms with Crippen molar-refractivity contribution in [1.29, 1.82) is 0 Å². The summed E-state index contributed by atoms with van der Waals surface area (Å²) in [4.78, 5) is 31.1. The molecule has 80 valence electrons. The maximum absolute atomic E-state index is 11.2. The predicted octanol–water partition coefficient (Wildman–Crippen LogP) is 0.231. The number of nitro groups is 1. The number of nitrogens with zero attached hydrogens (tertiary/aromatic N) is 2. The van der Waals surface area contributed by atoms with Gasteiger partial charge in [0.2, 0.25) is 0 Å². The van der Waals surface area contributed by atoms with E-state index in [2.05, 4.69) is 0 Å². The molecule has 0 aromatic carbocycles. The Balaban J connectivity index is 2.95. The third kappa shape index (κ3) is 2.90. The van der Waals surface area contributed by atoms with Gasteiger partial charge in [0.15, 0.2) is 0 Å². The first-order valence-electron chi connectivity index (χ1n) is 4.07. The molecule has 0 atom stereocenters. The number of aliphatic carboxylic acids is 1. The van der Waals surface area contributed by atoms with Crippen LogP contribution in [0.3, 0.4) is 0 Å². The van der Waals surface area contributed by atoms with Gasteiger partial charge >= 0.3 is 5.97 Å². The highest BCUT2D eigenvalue weighted by Crippen LogP contribution is 2.06. The molecular formula is C8H8N2O5. The summed E-state index contributed by atoms with van der Waals surface area (Å²) < 4.78 is 1.01. The molecule has 15 heavy (non-hydrogen) atoms. The molecule has 1 rings (SSSR count). The van der Waals surface area contributed by atoms with E-state index in [4.69, 9.17) is 5.11 Å². The minimum absolute atomic E-state index is 0.0736.